The molecule has 10 nitrogen and oxygen atoms in total. The molecule has 1 unspecified atom stereocenters. The van der Waals surface area contributed by atoms with E-state index in [0.717, 1.165) is 42.3 Å². The number of hydrogen-bond acceptors (Lipinski definition) is 8. The third kappa shape index (κ3) is 5.23. The molecule has 0 N–H and O–H groups in total. The van der Waals surface area contributed by atoms with Crippen molar-refractivity contribution in [2.75, 3.05) is 52.3 Å². The van der Waals surface area contributed by atoms with Gasteiger partial charge in [0, 0.05) is 43.3 Å². The Labute approximate surface area is 275 Å². The Morgan fingerprint density at radius 2 is 1.65 bits per heavy atom. The molecule has 2 atom stereocenters. The number of likely N-dealkylation sites (tertiary alicyclic amines) is 2. The van der Waals surface area contributed by atoms with Gasteiger partial charge in [-0.2, -0.15) is 0 Å². The number of carbonyl (C=O) groups is 2. The highest BCUT2D eigenvalue weighted by Crippen LogP contribution is 2.55. The number of benzene rings is 3. The van der Waals surface area contributed by atoms with Crippen molar-refractivity contribution in [3.63, 3.8) is 0 Å². The van der Waals surface area contributed by atoms with Crippen LogP contribution in [0.25, 0.3) is 0 Å². The number of carbonyl (C=O) groups excluding carboxylic acids is 2. The lowest BCUT2D eigenvalue weighted by atomic mass is 9.80. The molecule has 3 aliphatic rings. The summed E-state index contributed by atoms with van der Waals surface area (Å²) < 4.78 is 41.0. The highest BCUT2D eigenvalue weighted by molar-refractivity contribution is 7.93. The normalized spacial score (nSPS) is 21.9. The Balaban J connectivity index is 1.60. The lowest BCUT2D eigenvalue weighted by Crippen LogP contribution is -2.59. The van der Waals surface area contributed by atoms with Gasteiger partial charge in [-0.15, -0.1) is 0 Å². The van der Waals surface area contributed by atoms with Gasteiger partial charge in [0.15, 0.2) is 5.54 Å². The molecule has 2 fully saturated rings. The summed E-state index contributed by atoms with van der Waals surface area (Å²) >= 11 is 6.62. The highest BCUT2D eigenvalue weighted by Gasteiger charge is 2.63. The summed E-state index contributed by atoms with van der Waals surface area (Å²) in [5, 5.41) is 0.332. The van der Waals surface area contributed by atoms with Gasteiger partial charge < -0.3 is 14.4 Å². The summed E-state index contributed by atoms with van der Waals surface area (Å²) in [7, 11) is 1.97. The van der Waals surface area contributed by atoms with Crippen molar-refractivity contribution in [3.05, 3.63) is 82.4 Å². The maximum absolute atomic E-state index is 15.3. The summed E-state index contributed by atoms with van der Waals surface area (Å²) in [5.41, 5.74) is 0.297. The monoisotopic (exact) mass is 666 g/mol. The van der Waals surface area contributed by atoms with Crippen LogP contribution in [0.2, 0.25) is 5.02 Å². The van der Waals surface area contributed by atoms with Gasteiger partial charge in [-0.05, 0) is 92.9 Å². The van der Waals surface area contributed by atoms with Crippen LogP contribution in [0.3, 0.4) is 0 Å². The number of likely N-dealkylation sites (N-methyl/N-ethyl adjacent to an activating group) is 1. The van der Waals surface area contributed by atoms with E-state index >= 15 is 4.79 Å². The van der Waals surface area contributed by atoms with Gasteiger partial charge in [-0.1, -0.05) is 23.7 Å². The molecule has 244 valence electrons. The lowest BCUT2D eigenvalue weighted by molar-refractivity contribution is -0.138. The number of nitrogens with zero attached hydrogens (tertiary/aromatic N) is 4. The molecule has 0 aromatic heterocycles. The number of methoxy groups -OCH3 is 2. The molecule has 6 rings (SSSR count). The predicted octanol–water partition coefficient (Wildman–Crippen LogP) is 4.48. The van der Waals surface area contributed by atoms with E-state index in [0.29, 0.717) is 47.0 Å². The SMILES string of the molecule is COc1ccc(S(=O)(=O)N2C(=O)[C@](c3ccc(CN4CCCC4)cc3OC)(N3CCCC3C(=O)N(C)C)c3cc(Cl)ccc32)cc1. The summed E-state index contributed by atoms with van der Waals surface area (Å²) in [6.07, 6.45) is 3.44. The summed E-state index contributed by atoms with van der Waals surface area (Å²) in [5.74, 6) is 0.0238. The first-order valence-electron chi connectivity index (χ1n) is 15.5. The van der Waals surface area contributed by atoms with Crippen LogP contribution < -0.4 is 13.8 Å². The molecule has 0 radical (unpaired) electrons. The fourth-order valence-corrected chi connectivity index (χ4v) is 8.82. The number of halogens is 1. The van der Waals surface area contributed by atoms with Crippen LogP contribution in [0.5, 0.6) is 11.5 Å². The molecule has 46 heavy (non-hydrogen) atoms. The van der Waals surface area contributed by atoms with Gasteiger partial charge in [0.1, 0.15) is 11.5 Å². The van der Waals surface area contributed by atoms with E-state index in [1.807, 2.05) is 23.1 Å². The molecule has 2 amide bonds. The number of rotatable bonds is 9. The van der Waals surface area contributed by atoms with E-state index in [2.05, 4.69) is 4.90 Å². The zero-order valence-corrected chi connectivity index (χ0v) is 28.1. The molecule has 3 aromatic carbocycles. The molecule has 0 bridgehead atoms. The Kier molecular flexibility index (Phi) is 8.79. The van der Waals surface area contributed by atoms with Crippen LogP contribution in [-0.2, 0) is 31.7 Å². The number of hydrogen-bond donors (Lipinski definition) is 0. The number of ether oxygens (including phenoxy) is 2. The van der Waals surface area contributed by atoms with Crippen LogP contribution in [0.4, 0.5) is 5.69 Å². The van der Waals surface area contributed by atoms with Gasteiger partial charge in [0.2, 0.25) is 5.91 Å². The first kappa shape index (κ1) is 32.3. The Bertz CT molecular complexity index is 1760. The molecular formula is C34H39ClN4O6S. The molecule has 3 aromatic rings. The van der Waals surface area contributed by atoms with Gasteiger partial charge in [0.05, 0.1) is 30.8 Å². The molecule has 0 aliphatic carbocycles. The topological polar surface area (TPSA) is 99.7 Å². The number of amides is 2. The van der Waals surface area contributed by atoms with Gasteiger partial charge in [-0.25, -0.2) is 12.7 Å². The highest BCUT2D eigenvalue weighted by atomic mass is 35.5. The van der Waals surface area contributed by atoms with Gasteiger partial charge >= 0.3 is 0 Å². The molecule has 0 saturated carbocycles. The second-order valence-electron chi connectivity index (χ2n) is 12.2. The van der Waals surface area contributed by atoms with Crippen molar-refractivity contribution in [1.29, 1.82) is 0 Å². The van der Waals surface area contributed by atoms with Crippen molar-refractivity contribution in [2.45, 2.75) is 48.7 Å². The van der Waals surface area contributed by atoms with Gasteiger partial charge in [0.25, 0.3) is 15.9 Å². The minimum atomic E-state index is -4.43. The van der Waals surface area contributed by atoms with Crippen LogP contribution >= 0.6 is 11.6 Å². The van der Waals surface area contributed by atoms with Crippen molar-refractivity contribution in [1.82, 2.24) is 14.7 Å². The second-order valence-corrected chi connectivity index (χ2v) is 14.4. The molecular weight excluding hydrogens is 628 g/mol. The average molecular weight is 667 g/mol. The van der Waals surface area contributed by atoms with Crippen molar-refractivity contribution in [2.24, 2.45) is 0 Å². The molecule has 0 spiro atoms. The average Bonchev–Trinajstić information content (AvgIpc) is 3.80. The van der Waals surface area contributed by atoms with Crippen molar-refractivity contribution >= 4 is 39.1 Å². The minimum Gasteiger partial charge on any atom is -0.497 e. The van der Waals surface area contributed by atoms with Crippen LogP contribution in [-0.4, -0.2) is 88.9 Å². The Hall–Kier alpha value is -3.64. The summed E-state index contributed by atoms with van der Waals surface area (Å²) in [6.45, 7) is 3.12. The van der Waals surface area contributed by atoms with E-state index < -0.39 is 27.5 Å². The molecule has 3 aliphatic heterocycles. The number of fused-ring (bicyclic) bond motifs is 1. The van der Waals surface area contributed by atoms with Gasteiger partial charge in [-0.3, -0.25) is 19.4 Å². The molecule has 3 heterocycles. The van der Waals surface area contributed by atoms with E-state index in [1.165, 1.54) is 36.3 Å². The summed E-state index contributed by atoms with van der Waals surface area (Å²) in [6, 6.07) is 15.7. The fraction of sp³-hybridized carbons (Fsp3) is 0.412. The quantitative estimate of drug-likeness (QED) is 0.330. The fourth-order valence-electron chi connectivity index (χ4n) is 7.19. The first-order valence-corrected chi connectivity index (χ1v) is 17.3. The number of sulfonamides is 1. The maximum atomic E-state index is 15.3. The third-order valence-electron chi connectivity index (χ3n) is 9.33. The lowest BCUT2D eigenvalue weighted by Gasteiger charge is -2.42. The zero-order valence-electron chi connectivity index (χ0n) is 26.5. The van der Waals surface area contributed by atoms with Crippen LogP contribution in [0.15, 0.2) is 65.6 Å². The van der Waals surface area contributed by atoms with Crippen LogP contribution in [0, 0.1) is 0 Å². The smallest absolute Gasteiger partial charge is 0.271 e. The van der Waals surface area contributed by atoms with Crippen LogP contribution in [0.1, 0.15) is 42.4 Å². The third-order valence-corrected chi connectivity index (χ3v) is 11.3. The predicted molar refractivity (Wildman–Crippen MR) is 176 cm³/mol. The second kappa shape index (κ2) is 12.5. The Morgan fingerprint density at radius 3 is 2.30 bits per heavy atom. The summed E-state index contributed by atoms with van der Waals surface area (Å²) in [4.78, 5) is 34.7. The number of anilines is 1. The standard InChI is InChI=1S/C34H39ClN4O6S/c1-36(2)32(40)30-8-7-19-38(30)34(27-15-9-23(20-31(27)45-4)22-37-17-5-6-18-37)28-21-24(35)10-16-29(28)39(33(34)41)46(42,43)26-13-11-25(44-3)12-14-26/h9-16,20-21,30H,5-8,17-19,22H2,1-4H3/t30?,34-/m1/s1. The van der Waals surface area contributed by atoms with E-state index in [4.69, 9.17) is 21.1 Å². The van der Waals surface area contributed by atoms with Crippen molar-refractivity contribution < 1.29 is 27.5 Å². The molecule has 12 heteroatoms. The van der Waals surface area contributed by atoms with Crippen molar-refractivity contribution in [3.8, 4) is 11.5 Å². The first-order chi connectivity index (χ1) is 22.0. The largest absolute Gasteiger partial charge is 0.497 e. The zero-order chi connectivity index (χ0) is 32.8. The Morgan fingerprint density at radius 1 is 0.935 bits per heavy atom. The van der Waals surface area contributed by atoms with E-state index in [1.54, 1.807) is 39.4 Å². The van der Waals surface area contributed by atoms with E-state index in [9.17, 15) is 13.2 Å². The minimum absolute atomic E-state index is 0.0754. The maximum Gasteiger partial charge on any atom is 0.271 e. The van der Waals surface area contributed by atoms with E-state index in [-0.39, 0.29) is 16.5 Å². The molecule has 2 saturated heterocycles.